The van der Waals surface area contributed by atoms with Crippen LogP contribution in [-0.2, 0) is 4.79 Å². The van der Waals surface area contributed by atoms with E-state index in [1.165, 1.54) is 0 Å². The molecule has 0 aromatic heterocycles. The number of halogens is 4. The van der Waals surface area contributed by atoms with Crippen LogP contribution < -0.4 is 4.74 Å². The summed E-state index contributed by atoms with van der Waals surface area (Å²) in [4.78, 5) is 13.1. The van der Waals surface area contributed by atoms with Gasteiger partial charge in [-0.2, -0.15) is 13.2 Å². The Morgan fingerprint density at radius 2 is 1.90 bits per heavy atom. The minimum atomic E-state index is -4.82. The predicted molar refractivity (Wildman–Crippen MR) is 111 cm³/mol. The van der Waals surface area contributed by atoms with Gasteiger partial charge in [-0.25, -0.2) is 0 Å². The molecule has 2 fully saturated rings. The van der Waals surface area contributed by atoms with E-state index in [-0.39, 0.29) is 23.9 Å². The molecule has 0 saturated carbocycles. The number of hydrogen-bond acceptors (Lipinski definition) is 2. The van der Waals surface area contributed by atoms with E-state index in [1.807, 2.05) is 30.4 Å². The molecule has 1 aliphatic carbocycles. The highest BCUT2D eigenvalue weighted by Crippen LogP contribution is 2.53. The van der Waals surface area contributed by atoms with Crippen molar-refractivity contribution in [2.75, 3.05) is 0 Å². The molecule has 30 heavy (non-hydrogen) atoms. The number of alkyl halides is 3. The number of hydrogen-bond donors (Lipinski definition) is 0. The zero-order valence-electron chi connectivity index (χ0n) is 16.4. The monoisotopic (exact) mass is 479 g/mol. The van der Waals surface area contributed by atoms with E-state index in [9.17, 15) is 18.0 Å². The van der Waals surface area contributed by atoms with Crippen LogP contribution in [0, 0.1) is 11.8 Å². The number of rotatable bonds is 0. The van der Waals surface area contributed by atoms with Crippen LogP contribution >= 0.6 is 15.9 Å². The van der Waals surface area contributed by atoms with E-state index in [1.54, 1.807) is 0 Å². The highest BCUT2D eigenvalue weighted by Gasteiger charge is 2.52. The molecule has 0 radical (unpaired) electrons. The van der Waals surface area contributed by atoms with E-state index < -0.39 is 12.1 Å². The van der Waals surface area contributed by atoms with Gasteiger partial charge in [0.2, 0.25) is 0 Å². The van der Waals surface area contributed by atoms with E-state index in [0.29, 0.717) is 25.7 Å². The number of carbonyl (C=O) groups is 1. The van der Waals surface area contributed by atoms with Crippen molar-refractivity contribution in [2.24, 2.45) is 11.8 Å². The van der Waals surface area contributed by atoms with Crippen molar-refractivity contribution < 1.29 is 22.7 Å². The van der Waals surface area contributed by atoms with Crippen LogP contribution in [0.15, 0.2) is 52.2 Å². The average Bonchev–Trinajstić information content (AvgIpc) is 2.95. The first-order chi connectivity index (χ1) is 14.3. The molecule has 1 amide bonds. The Hall–Kier alpha value is -2.02. The number of ether oxygens (including phenoxy) is 1. The minimum absolute atomic E-state index is 0.0380. The molecule has 3 aliphatic heterocycles. The van der Waals surface area contributed by atoms with Crippen molar-refractivity contribution in [3.05, 3.63) is 57.8 Å². The number of carbonyl (C=O) groups excluding carboxylic acids is 1. The summed E-state index contributed by atoms with van der Waals surface area (Å²) in [5, 5.41) is 0. The molecule has 3 heterocycles. The van der Waals surface area contributed by atoms with Gasteiger partial charge in [-0.05, 0) is 65.2 Å². The molecule has 2 saturated heterocycles. The fourth-order valence-electron chi connectivity index (χ4n) is 5.53. The van der Waals surface area contributed by atoms with Gasteiger partial charge in [0.15, 0.2) is 0 Å². The summed E-state index contributed by atoms with van der Waals surface area (Å²) in [6.45, 7) is 2.14. The van der Waals surface area contributed by atoms with Crippen LogP contribution in [0.25, 0.3) is 5.57 Å². The third-order valence-corrected chi connectivity index (χ3v) is 7.36. The molecule has 7 heteroatoms. The summed E-state index contributed by atoms with van der Waals surface area (Å²) in [6.07, 6.45) is 3.50. The summed E-state index contributed by atoms with van der Waals surface area (Å²) in [6, 6.07) is 5.14. The highest BCUT2D eigenvalue weighted by molar-refractivity contribution is 9.10. The molecule has 4 atom stereocenters. The van der Waals surface area contributed by atoms with Crippen molar-refractivity contribution in [2.45, 2.75) is 50.9 Å². The summed E-state index contributed by atoms with van der Waals surface area (Å²) in [7, 11) is 0. The molecule has 1 aromatic rings. The maximum Gasteiger partial charge on any atom is 0.471 e. The van der Waals surface area contributed by atoms with Crippen LogP contribution in [0.4, 0.5) is 13.2 Å². The lowest BCUT2D eigenvalue weighted by Crippen LogP contribution is -2.50. The zero-order chi connectivity index (χ0) is 21.2. The van der Waals surface area contributed by atoms with Crippen molar-refractivity contribution in [3.63, 3.8) is 0 Å². The quantitative estimate of drug-likeness (QED) is 0.455. The molecule has 2 unspecified atom stereocenters. The first-order valence-electron chi connectivity index (χ1n) is 10.2. The fourth-order valence-corrected chi connectivity index (χ4v) is 5.98. The van der Waals surface area contributed by atoms with Gasteiger partial charge in [-0.1, -0.05) is 36.8 Å². The number of benzene rings is 1. The molecule has 1 aromatic carbocycles. The van der Waals surface area contributed by atoms with E-state index >= 15 is 0 Å². The van der Waals surface area contributed by atoms with E-state index in [2.05, 4.69) is 28.9 Å². The lowest BCUT2D eigenvalue weighted by Gasteiger charge is -2.41. The smallest absolute Gasteiger partial charge is 0.459 e. The summed E-state index contributed by atoms with van der Waals surface area (Å²) >= 11 is 3.58. The number of para-hydroxylation sites is 1. The second kappa shape index (κ2) is 7.01. The maximum atomic E-state index is 13.1. The Kier molecular flexibility index (Phi) is 4.65. The van der Waals surface area contributed by atoms with Gasteiger partial charge in [0.05, 0.1) is 4.47 Å². The Labute approximate surface area is 181 Å². The van der Waals surface area contributed by atoms with Crippen LogP contribution in [-0.4, -0.2) is 29.1 Å². The molecule has 0 spiro atoms. The highest BCUT2D eigenvalue weighted by atomic mass is 79.9. The molecule has 4 aliphatic rings. The number of allylic oxidation sites excluding steroid dienone is 4. The van der Waals surface area contributed by atoms with Gasteiger partial charge in [0, 0.05) is 23.6 Å². The van der Waals surface area contributed by atoms with Crippen molar-refractivity contribution in [1.82, 2.24) is 4.90 Å². The second-order valence-corrected chi connectivity index (χ2v) is 9.38. The van der Waals surface area contributed by atoms with Crippen molar-refractivity contribution in [1.29, 1.82) is 0 Å². The van der Waals surface area contributed by atoms with E-state index in [4.69, 9.17) is 4.74 Å². The van der Waals surface area contributed by atoms with Crippen molar-refractivity contribution >= 4 is 27.4 Å². The predicted octanol–water partition coefficient (Wildman–Crippen LogP) is 6.02. The summed E-state index contributed by atoms with van der Waals surface area (Å²) in [5.41, 5.74) is 3.32. The van der Waals surface area contributed by atoms with Gasteiger partial charge in [0.1, 0.15) is 11.5 Å². The number of fused-ring (bicyclic) bond motifs is 4. The van der Waals surface area contributed by atoms with Crippen LogP contribution in [0.5, 0.6) is 5.75 Å². The lowest BCUT2D eigenvalue weighted by molar-refractivity contribution is -0.189. The third-order valence-electron chi connectivity index (χ3n) is 6.74. The molecule has 158 valence electrons. The topological polar surface area (TPSA) is 29.5 Å². The normalized spacial score (nSPS) is 29.9. The molecular weight excluding hydrogens is 459 g/mol. The standard InChI is InChI=1S/C23H21BrF3NO2/c1-12-4-2-7-18-19(12)20(16-5-3-6-17(24)21(16)30-18)13-10-14-8-9-15(11-13)28(14)22(29)23(25,26)27/h2-7,12,14-15,19H,8-11H2,1H3/t12?,14-,15-,19?/m1/s1. The number of amides is 1. The SMILES string of the molecule is CC1C=CC=C2Oc3c(Br)cccc3C(=C3C[C@H]4CC[C@H](C3)N4C(=O)C(F)(F)F)C21. The fraction of sp³-hybridized carbons (Fsp3) is 0.435. The Bertz CT molecular complexity index is 994. The Balaban J connectivity index is 1.61. The van der Waals surface area contributed by atoms with Gasteiger partial charge in [-0.15, -0.1) is 0 Å². The molecular formula is C23H21BrF3NO2. The van der Waals surface area contributed by atoms with Crippen LogP contribution in [0.1, 0.15) is 38.2 Å². The first kappa shape index (κ1) is 19.9. The van der Waals surface area contributed by atoms with Crippen LogP contribution in [0.2, 0.25) is 0 Å². The second-order valence-electron chi connectivity index (χ2n) is 8.53. The largest absolute Gasteiger partial charge is 0.471 e. The van der Waals surface area contributed by atoms with E-state index in [0.717, 1.165) is 37.6 Å². The minimum Gasteiger partial charge on any atom is -0.459 e. The van der Waals surface area contributed by atoms with Gasteiger partial charge >= 0.3 is 12.1 Å². The lowest BCUT2D eigenvalue weighted by atomic mass is 9.73. The summed E-state index contributed by atoms with van der Waals surface area (Å²) < 4.78 is 46.5. The molecule has 2 bridgehead atoms. The molecule has 5 rings (SSSR count). The van der Waals surface area contributed by atoms with Crippen molar-refractivity contribution in [3.8, 4) is 5.75 Å². The maximum absolute atomic E-state index is 13.1. The third kappa shape index (κ3) is 3.04. The Morgan fingerprint density at radius 3 is 2.57 bits per heavy atom. The number of nitrogens with zero attached hydrogens (tertiary/aromatic N) is 1. The van der Waals surface area contributed by atoms with Gasteiger partial charge in [0.25, 0.3) is 0 Å². The average molecular weight is 480 g/mol. The first-order valence-corrected chi connectivity index (χ1v) is 11.0. The van der Waals surface area contributed by atoms with Crippen LogP contribution in [0.3, 0.4) is 0 Å². The van der Waals surface area contributed by atoms with Gasteiger partial charge in [-0.3, -0.25) is 4.79 Å². The Morgan fingerprint density at radius 1 is 1.20 bits per heavy atom. The van der Waals surface area contributed by atoms with Gasteiger partial charge < -0.3 is 9.64 Å². The molecule has 0 N–H and O–H groups in total. The number of piperidine rings is 1. The summed E-state index contributed by atoms with van der Waals surface area (Å²) in [5.74, 6) is 0.186. The zero-order valence-corrected chi connectivity index (χ0v) is 18.0. The molecule has 3 nitrogen and oxygen atoms in total.